The van der Waals surface area contributed by atoms with E-state index in [2.05, 4.69) is 0 Å². The molecule has 1 saturated heterocycles. The molecule has 0 aromatic heterocycles. The lowest BCUT2D eigenvalue weighted by Gasteiger charge is -2.37. The van der Waals surface area contributed by atoms with Gasteiger partial charge in [0.2, 0.25) is 0 Å². The number of halogens is 1. The van der Waals surface area contributed by atoms with Crippen molar-refractivity contribution >= 4 is 11.6 Å². The Morgan fingerprint density at radius 1 is 1.17 bits per heavy atom. The van der Waals surface area contributed by atoms with Crippen molar-refractivity contribution in [2.75, 3.05) is 6.61 Å². The van der Waals surface area contributed by atoms with Gasteiger partial charge in [-0.25, -0.2) is 0 Å². The minimum Gasteiger partial charge on any atom is -0.394 e. The van der Waals surface area contributed by atoms with E-state index in [0.717, 1.165) is 0 Å². The maximum absolute atomic E-state index is 9.20. The molecular formula is C6H11ClO5. The van der Waals surface area contributed by atoms with E-state index < -0.39 is 36.6 Å². The molecule has 1 heterocycles. The highest BCUT2D eigenvalue weighted by atomic mass is 35.5. The Morgan fingerprint density at radius 3 is 2.25 bits per heavy atom. The topological polar surface area (TPSA) is 90.2 Å². The molecule has 0 radical (unpaired) electrons. The number of aliphatic hydroxyl groups excluding tert-OH is 4. The summed E-state index contributed by atoms with van der Waals surface area (Å²) in [6, 6.07) is 0. The first-order valence-corrected chi connectivity index (χ1v) is 3.96. The monoisotopic (exact) mass is 198 g/mol. The van der Waals surface area contributed by atoms with Crippen LogP contribution in [-0.4, -0.2) is 57.0 Å². The van der Waals surface area contributed by atoms with Crippen molar-refractivity contribution in [2.45, 2.75) is 30.0 Å². The van der Waals surface area contributed by atoms with Gasteiger partial charge in [0.25, 0.3) is 0 Å². The zero-order valence-corrected chi connectivity index (χ0v) is 6.92. The standard InChI is InChI=1S/C6H11ClO5/c7-3-5(10)4(9)2(1-8)12-6(3)11/h2-6,8-11H,1H2/t2-,3+,4-,5+,6+/m1/s1. The van der Waals surface area contributed by atoms with E-state index in [1.165, 1.54) is 0 Å². The molecule has 4 N–H and O–H groups in total. The molecule has 0 aromatic carbocycles. The summed E-state index contributed by atoms with van der Waals surface area (Å²) in [6.07, 6.45) is -4.89. The Balaban J connectivity index is 2.63. The summed E-state index contributed by atoms with van der Waals surface area (Å²) in [5.74, 6) is 0. The number of alkyl halides is 1. The van der Waals surface area contributed by atoms with Crippen LogP contribution in [-0.2, 0) is 4.74 Å². The lowest BCUT2D eigenvalue weighted by atomic mass is 10.0. The van der Waals surface area contributed by atoms with Crippen LogP contribution in [0.15, 0.2) is 0 Å². The second-order valence-electron chi connectivity index (χ2n) is 2.67. The smallest absolute Gasteiger partial charge is 0.174 e. The van der Waals surface area contributed by atoms with Crippen LogP contribution in [0.2, 0.25) is 0 Å². The van der Waals surface area contributed by atoms with E-state index in [9.17, 15) is 10.2 Å². The molecule has 1 aliphatic heterocycles. The minimum atomic E-state index is -1.36. The molecule has 0 unspecified atom stereocenters. The largest absolute Gasteiger partial charge is 0.394 e. The normalized spacial score (nSPS) is 49.2. The Morgan fingerprint density at radius 2 is 1.75 bits per heavy atom. The van der Waals surface area contributed by atoms with Crippen molar-refractivity contribution in [1.82, 2.24) is 0 Å². The van der Waals surface area contributed by atoms with E-state index in [1.54, 1.807) is 0 Å². The number of hydrogen-bond acceptors (Lipinski definition) is 5. The summed E-state index contributed by atoms with van der Waals surface area (Å²) in [5, 5.41) is 35.0. The van der Waals surface area contributed by atoms with Gasteiger partial charge in [-0.05, 0) is 0 Å². The van der Waals surface area contributed by atoms with Crippen molar-refractivity contribution in [2.24, 2.45) is 0 Å². The Hall–Kier alpha value is 0.0900. The highest BCUT2D eigenvalue weighted by Crippen LogP contribution is 2.23. The van der Waals surface area contributed by atoms with Gasteiger partial charge < -0.3 is 25.2 Å². The van der Waals surface area contributed by atoms with Crippen LogP contribution in [0.5, 0.6) is 0 Å². The highest BCUT2D eigenvalue weighted by Gasteiger charge is 2.42. The van der Waals surface area contributed by atoms with Crippen molar-refractivity contribution in [3.8, 4) is 0 Å². The van der Waals surface area contributed by atoms with E-state index in [4.69, 9.17) is 26.6 Å². The zero-order chi connectivity index (χ0) is 9.30. The molecular weight excluding hydrogens is 188 g/mol. The molecule has 1 fully saturated rings. The molecule has 0 saturated carbocycles. The quantitative estimate of drug-likeness (QED) is 0.367. The minimum absolute atomic E-state index is 0.473. The van der Waals surface area contributed by atoms with Crippen molar-refractivity contribution in [3.05, 3.63) is 0 Å². The van der Waals surface area contributed by atoms with Gasteiger partial charge in [-0.2, -0.15) is 0 Å². The molecule has 0 aliphatic carbocycles. The predicted molar refractivity (Wildman–Crippen MR) is 39.6 cm³/mol. The second-order valence-corrected chi connectivity index (χ2v) is 3.18. The van der Waals surface area contributed by atoms with Crippen LogP contribution in [0.3, 0.4) is 0 Å². The molecule has 0 bridgehead atoms. The summed E-state index contributed by atoms with van der Waals surface area (Å²) in [5.41, 5.74) is 0. The Bertz CT molecular complexity index is 150. The predicted octanol–water partition coefficient (Wildman–Crippen LogP) is -1.97. The van der Waals surface area contributed by atoms with Gasteiger partial charge >= 0.3 is 0 Å². The first-order valence-electron chi connectivity index (χ1n) is 3.52. The van der Waals surface area contributed by atoms with E-state index in [-0.39, 0.29) is 0 Å². The number of rotatable bonds is 1. The summed E-state index contributed by atoms with van der Waals surface area (Å²) in [4.78, 5) is 0. The molecule has 0 spiro atoms. The maximum Gasteiger partial charge on any atom is 0.174 e. The lowest BCUT2D eigenvalue weighted by Crippen LogP contribution is -2.56. The average Bonchev–Trinajstić information content (AvgIpc) is 2.08. The van der Waals surface area contributed by atoms with Gasteiger partial charge in [0.05, 0.1) is 6.61 Å². The average molecular weight is 199 g/mol. The van der Waals surface area contributed by atoms with Gasteiger partial charge in [0.15, 0.2) is 6.29 Å². The molecule has 5 atom stereocenters. The molecule has 12 heavy (non-hydrogen) atoms. The van der Waals surface area contributed by atoms with Crippen molar-refractivity contribution in [3.63, 3.8) is 0 Å². The lowest BCUT2D eigenvalue weighted by molar-refractivity contribution is -0.236. The first-order chi connectivity index (χ1) is 5.57. The Kier molecular flexibility index (Phi) is 3.28. The summed E-state index contributed by atoms with van der Waals surface area (Å²) in [7, 11) is 0. The van der Waals surface area contributed by atoms with Crippen molar-refractivity contribution < 1.29 is 25.2 Å². The van der Waals surface area contributed by atoms with E-state index in [0.29, 0.717) is 0 Å². The number of ether oxygens (including phenoxy) is 1. The van der Waals surface area contributed by atoms with Crippen LogP contribution in [0.4, 0.5) is 0 Å². The zero-order valence-electron chi connectivity index (χ0n) is 6.17. The van der Waals surface area contributed by atoms with Crippen LogP contribution in [0.25, 0.3) is 0 Å². The van der Waals surface area contributed by atoms with Crippen LogP contribution in [0, 0.1) is 0 Å². The maximum atomic E-state index is 9.20. The van der Waals surface area contributed by atoms with Crippen molar-refractivity contribution in [1.29, 1.82) is 0 Å². The molecule has 6 heteroatoms. The second kappa shape index (κ2) is 3.87. The molecule has 5 nitrogen and oxygen atoms in total. The van der Waals surface area contributed by atoms with Gasteiger partial charge in [-0.3, -0.25) is 0 Å². The molecule has 0 amide bonds. The summed E-state index contributed by atoms with van der Waals surface area (Å²) in [6.45, 7) is -0.473. The van der Waals surface area contributed by atoms with Gasteiger partial charge in [-0.1, -0.05) is 0 Å². The summed E-state index contributed by atoms with van der Waals surface area (Å²) < 4.78 is 4.69. The van der Waals surface area contributed by atoms with Gasteiger partial charge in [-0.15, -0.1) is 11.6 Å². The van der Waals surface area contributed by atoms with Gasteiger partial charge in [0, 0.05) is 0 Å². The van der Waals surface area contributed by atoms with E-state index in [1.807, 2.05) is 0 Å². The Labute approximate surface area is 74.2 Å². The molecule has 1 rings (SSSR count). The van der Waals surface area contributed by atoms with Crippen LogP contribution < -0.4 is 0 Å². The van der Waals surface area contributed by atoms with E-state index >= 15 is 0 Å². The SMILES string of the molecule is OC[C@H]1O[C@H](O)[C@@H](Cl)[C@H](O)[C@@H]1O. The van der Waals surface area contributed by atoms with Crippen LogP contribution >= 0.6 is 11.6 Å². The number of hydrogen-bond donors (Lipinski definition) is 4. The third-order valence-corrected chi connectivity index (χ3v) is 2.30. The van der Waals surface area contributed by atoms with Crippen LogP contribution in [0.1, 0.15) is 0 Å². The third kappa shape index (κ3) is 1.71. The first kappa shape index (κ1) is 10.2. The third-order valence-electron chi connectivity index (χ3n) is 1.82. The molecule has 0 aromatic rings. The molecule has 1 aliphatic rings. The highest BCUT2D eigenvalue weighted by molar-refractivity contribution is 6.21. The number of aliphatic hydroxyl groups is 4. The van der Waals surface area contributed by atoms with Gasteiger partial charge in [0.1, 0.15) is 23.7 Å². The molecule has 72 valence electrons. The fraction of sp³-hybridized carbons (Fsp3) is 1.00. The fourth-order valence-electron chi connectivity index (χ4n) is 1.06. The summed E-state index contributed by atoms with van der Waals surface area (Å²) >= 11 is 5.47. The fourth-order valence-corrected chi connectivity index (χ4v) is 1.27.